The zero-order valence-corrected chi connectivity index (χ0v) is 9.19. The van der Waals surface area contributed by atoms with E-state index in [0.29, 0.717) is 10.7 Å². The highest BCUT2D eigenvalue weighted by molar-refractivity contribution is 5.97. The van der Waals surface area contributed by atoms with Gasteiger partial charge in [0.1, 0.15) is 17.5 Å². The average molecular weight is 266 g/mol. The van der Waals surface area contributed by atoms with E-state index in [1.165, 1.54) is 0 Å². The number of aromatic nitrogens is 2. The molecule has 0 spiro atoms. The molecule has 0 saturated carbocycles. The minimum Gasteiger partial charge on any atom is -0.382 e. The molecule has 0 bridgehead atoms. The summed E-state index contributed by atoms with van der Waals surface area (Å²) in [6, 6.07) is 3.04. The molecule has 2 aromatic rings. The molecule has 2 rings (SSSR count). The second-order valence-electron chi connectivity index (χ2n) is 3.50. The summed E-state index contributed by atoms with van der Waals surface area (Å²) in [6.07, 6.45) is 1.00. The van der Waals surface area contributed by atoms with Gasteiger partial charge in [-0.3, -0.25) is 4.79 Å². The largest absolute Gasteiger partial charge is 0.382 e. The van der Waals surface area contributed by atoms with Gasteiger partial charge in [-0.25, -0.2) is 13.2 Å². The van der Waals surface area contributed by atoms with Gasteiger partial charge in [-0.2, -0.15) is 15.0 Å². The quantitative estimate of drug-likeness (QED) is 0.791. The first-order valence-electron chi connectivity index (χ1n) is 4.89. The molecule has 0 atom stereocenters. The van der Waals surface area contributed by atoms with Gasteiger partial charge in [0.05, 0.1) is 11.8 Å². The fourth-order valence-corrected chi connectivity index (χ4v) is 1.41. The lowest BCUT2D eigenvalue weighted by Gasteiger charge is -2.05. The number of halogens is 3. The van der Waals surface area contributed by atoms with Crippen LogP contribution in [0.5, 0.6) is 0 Å². The Morgan fingerprint density at radius 2 is 2.00 bits per heavy atom. The minimum absolute atomic E-state index is 0.0867. The van der Waals surface area contributed by atoms with Crippen molar-refractivity contribution in [2.75, 3.05) is 5.73 Å². The van der Waals surface area contributed by atoms with Crippen molar-refractivity contribution >= 4 is 11.7 Å². The number of nitrogens with zero attached hydrogens (tertiary/aromatic N) is 3. The molecule has 0 saturated heterocycles. The Labute approximate surface area is 104 Å². The van der Waals surface area contributed by atoms with Gasteiger partial charge in [-0.1, -0.05) is 0 Å². The third kappa shape index (κ3) is 1.91. The number of anilines is 1. The number of carbonyl (C=O) groups is 1. The van der Waals surface area contributed by atoms with Gasteiger partial charge in [0, 0.05) is 0 Å². The van der Waals surface area contributed by atoms with Crippen molar-refractivity contribution in [3.05, 3.63) is 46.9 Å². The number of carbonyl (C=O) groups excluding carboxylic acids is 1. The number of rotatable bonds is 1. The molecule has 8 heteroatoms. The molecule has 1 aromatic heterocycles. The molecular formula is C11H5F3N4O. The molecule has 5 nitrogen and oxygen atoms in total. The van der Waals surface area contributed by atoms with E-state index in [1.807, 2.05) is 0 Å². The standard InChI is InChI=1S/C11H5F3N4O/c12-7-2-1-6(8(13)9(7)14)11(19)18-10(16)5(3-15)4-17-18/h1-2,4H,16H2. The maximum atomic E-state index is 13.4. The molecule has 0 aliphatic heterocycles. The number of nitrogen functional groups attached to an aromatic ring is 1. The number of hydrogen-bond donors (Lipinski definition) is 1. The topological polar surface area (TPSA) is 84.7 Å². The van der Waals surface area contributed by atoms with Gasteiger partial charge in [-0.15, -0.1) is 0 Å². The van der Waals surface area contributed by atoms with E-state index in [4.69, 9.17) is 11.0 Å². The van der Waals surface area contributed by atoms with Gasteiger partial charge in [0.25, 0.3) is 5.91 Å². The first-order valence-corrected chi connectivity index (χ1v) is 4.89. The molecule has 0 amide bonds. The lowest BCUT2D eigenvalue weighted by Crippen LogP contribution is -2.18. The molecule has 1 aromatic carbocycles. The molecule has 0 radical (unpaired) electrons. The monoisotopic (exact) mass is 266 g/mol. The van der Waals surface area contributed by atoms with Gasteiger partial charge >= 0.3 is 0 Å². The number of benzene rings is 1. The van der Waals surface area contributed by atoms with Crippen LogP contribution in [0.2, 0.25) is 0 Å². The lowest BCUT2D eigenvalue weighted by molar-refractivity contribution is 0.0942. The molecule has 2 N–H and O–H groups in total. The Morgan fingerprint density at radius 1 is 1.32 bits per heavy atom. The summed E-state index contributed by atoms with van der Waals surface area (Å²) >= 11 is 0. The summed E-state index contributed by atoms with van der Waals surface area (Å²) in [5.41, 5.74) is 4.61. The molecule has 0 fully saturated rings. The zero-order chi connectivity index (χ0) is 14.2. The van der Waals surface area contributed by atoms with E-state index in [9.17, 15) is 18.0 Å². The summed E-state index contributed by atoms with van der Waals surface area (Å²) in [5, 5.41) is 12.1. The van der Waals surface area contributed by atoms with E-state index in [1.54, 1.807) is 6.07 Å². The van der Waals surface area contributed by atoms with Crippen molar-refractivity contribution in [2.45, 2.75) is 0 Å². The van der Waals surface area contributed by atoms with Crippen LogP contribution in [0.15, 0.2) is 18.3 Å². The normalized spacial score (nSPS) is 10.2. The third-order valence-electron chi connectivity index (χ3n) is 2.38. The number of nitriles is 1. The van der Waals surface area contributed by atoms with Crippen molar-refractivity contribution < 1.29 is 18.0 Å². The highest BCUT2D eigenvalue weighted by Crippen LogP contribution is 2.18. The molecule has 1 heterocycles. The number of nitrogens with two attached hydrogens (primary N) is 1. The first kappa shape index (κ1) is 12.6. The Hall–Kier alpha value is -2.82. The summed E-state index contributed by atoms with van der Waals surface area (Å²) in [5.74, 6) is -6.23. The van der Waals surface area contributed by atoms with Crippen molar-refractivity contribution in [3.63, 3.8) is 0 Å². The van der Waals surface area contributed by atoms with E-state index < -0.39 is 28.9 Å². The Balaban J connectivity index is 2.54. The van der Waals surface area contributed by atoms with Gasteiger partial charge in [0.2, 0.25) is 0 Å². The molecule has 96 valence electrons. The predicted octanol–water partition coefficient (Wildman–Crippen LogP) is 1.44. The Morgan fingerprint density at radius 3 is 2.58 bits per heavy atom. The van der Waals surface area contributed by atoms with E-state index in [2.05, 4.69) is 5.10 Å². The van der Waals surface area contributed by atoms with Crippen LogP contribution in [0.4, 0.5) is 19.0 Å². The van der Waals surface area contributed by atoms with Crippen LogP contribution in [0.25, 0.3) is 0 Å². The van der Waals surface area contributed by atoms with Crippen LogP contribution in [-0.4, -0.2) is 15.7 Å². The Kier molecular flexibility index (Phi) is 2.96. The van der Waals surface area contributed by atoms with Crippen molar-refractivity contribution in [1.29, 1.82) is 5.26 Å². The van der Waals surface area contributed by atoms with Crippen LogP contribution in [0, 0.1) is 28.8 Å². The van der Waals surface area contributed by atoms with Crippen LogP contribution >= 0.6 is 0 Å². The van der Waals surface area contributed by atoms with Crippen LogP contribution in [0.3, 0.4) is 0 Å². The number of hydrogen-bond acceptors (Lipinski definition) is 4. The summed E-state index contributed by atoms with van der Waals surface area (Å²) in [7, 11) is 0. The molecule has 0 aliphatic rings. The molecule has 0 unspecified atom stereocenters. The Bertz CT molecular complexity index is 717. The summed E-state index contributed by atoms with van der Waals surface area (Å²) < 4.78 is 39.7. The lowest BCUT2D eigenvalue weighted by atomic mass is 10.2. The van der Waals surface area contributed by atoms with Crippen molar-refractivity contribution in [3.8, 4) is 6.07 Å². The van der Waals surface area contributed by atoms with Crippen LogP contribution in [-0.2, 0) is 0 Å². The maximum Gasteiger partial charge on any atom is 0.283 e. The summed E-state index contributed by atoms with van der Waals surface area (Å²) in [4.78, 5) is 11.9. The van der Waals surface area contributed by atoms with Gasteiger partial charge in [0.15, 0.2) is 17.5 Å². The first-order chi connectivity index (χ1) is 8.97. The third-order valence-corrected chi connectivity index (χ3v) is 2.38. The van der Waals surface area contributed by atoms with Crippen molar-refractivity contribution in [2.24, 2.45) is 0 Å². The molecule has 19 heavy (non-hydrogen) atoms. The molecular weight excluding hydrogens is 261 g/mol. The maximum absolute atomic E-state index is 13.4. The highest BCUT2D eigenvalue weighted by Gasteiger charge is 2.22. The summed E-state index contributed by atoms with van der Waals surface area (Å²) in [6.45, 7) is 0. The van der Waals surface area contributed by atoms with Crippen LogP contribution < -0.4 is 5.73 Å². The minimum atomic E-state index is -1.77. The molecule has 0 aliphatic carbocycles. The SMILES string of the molecule is N#Cc1cnn(C(=O)c2ccc(F)c(F)c2F)c1N. The van der Waals surface area contributed by atoms with Crippen LogP contribution in [0.1, 0.15) is 15.9 Å². The van der Waals surface area contributed by atoms with E-state index in [0.717, 1.165) is 12.3 Å². The van der Waals surface area contributed by atoms with Gasteiger partial charge in [-0.05, 0) is 12.1 Å². The van der Waals surface area contributed by atoms with E-state index in [-0.39, 0.29) is 11.4 Å². The zero-order valence-electron chi connectivity index (χ0n) is 9.19. The second-order valence-corrected chi connectivity index (χ2v) is 3.50. The van der Waals surface area contributed by atoms with E-state index >= 15 is 0 Å². The van der Waals surface area contributed by atoms with Crippen molar-refractivity contribution in [1.82, 2.24) is 9.78 Å². The fourth-order valence-electron chi connectivity index (χ4n) is 1.41. The van der Waals surface area contributed by atoms with Gasteiger partial charge < -0.3 is 5.73 Å². The second kappa shape index (κ2) is 4.45. The fraction of sp³-hybridized carbons (Fsp3) is 0. The predicted molar refractivity (Wildman–Crippen MR) is 57.4 cm³/mol. The highest BCUT2D eigenvalue weighted by atomic mass is 19.2. The smallest absolute Gasteiger partial charge is 0.283 e. The average Bonchev–Trinajstić information content (AvgIpc) is 2.76.